The Balaban J connectivity index is 1.15. The molecule has 0 bridgehead atoms. The zero-order valence-corrected chi connectivity index (χ0v) is 27.1. The van der Waals surface area contributed by atoms with E-state index >= 15 is 0 Å². The van der Waals surface area contributed by atoms with E-state index in [-0.39, 0.29) is 5.92 Å². The molecule has 50 heavy (non-hydrogen) atoms. The van der Waals surface area contributed by atoms with Crippen LogP contribution in [0.15, 0.2) is 184 Å². The highest BCUT2D eigenvalue weighted by molar-refractivity contribution is 6.16. The van der Waals surface area contributed by atoms with E-state index in [0.29, 0.717) is 0 Å². The van der Waals surface area contributed by atoms with E-state index in [9.17, 15) is 0 Å². The van der Waals surface area contributed by atoms with Gasteiger partial charge in [0.15, 0.2) is 6.17 Å². The monoisotopic (exact) mass is 641 g/mol. The number of aliphatic imine (C=N–C) groups is 2. The Kier molecular flexibility index (Phi) is 6.59. The van der Waals surface area contributed by atoms with Gasteiger partial charge in [-0.1, -0.05) is 158 Å². The van der Waals surface area contributed by atoms with E-state index in [1.165, 1.54) is 33.4 Å². The molecule has 0 saturated heterocycles. The van der Waals surface area contributed by atoms with Crippen LogP contribution in [-0.4, -0.2) is 11.7 Å². The molecule has 0 amide bonds. The molecule has 1 aromatic heterocycles. The highest BCUT2D eigenvalue weighted by Crippen LogP contribution is 2.51. The predicted molar refractivity (Wildman–Crippen MR) is 204 cm³/mol. The number of para-hydroxylation sites is 1. The first-order valence-corrected chi connectivity index (χ1v) is 17.1. The maximum atomic E-state index is 6.86. The van der Waals surface area contributed by atoms with Crippen LogP contribution in [0.3, 0.4) is 0 Å². The van der Waals surface area contributed by atoms with Gasteiger partial charge in [0, 0.05) is 38.9 Å². The molecule has 0 fully saturated rings. The normalized spacial score (nSPS) is 15.3. The van der Waals surface area contributed by atoms with E-state index in [1.54, 1.807) is 0 Å². The van der Waals surface area contributed by atoms with E-state index in [1.807, 2.05) is 36.4 Å². The third-order valence-corrected chi connectivity index (χ3v) is 10.0. The van der Waals surface area contributed by atoms with Gasteiger partial charge in [0.1, 0.15) is 22.8 Å². The molecule has 0 radical (unpaired) electrons. The fourth-order valence-electron chi connectivity index (χ4n) is 7.76. The summed E-state index contributed by atoms with van der Waals surface area (Å²) in [6.45, 7) is 0. The summed E-state index contributed by atoms with van der Waals surface area (Å²) in [5.41, 5.74) is 13.5. The minimum atomic E-state index is -0.459. The summed E-state index contributed by atoms with van der Waals surface area (Å²) < 4.78 is 6.86. The second-order valence-electron chi connectivity index (χ2n) is 12.9. The van der Waals surface area contributed by atoms with Gasteiger partial charge in [0.25, 0.3) is 0 Å². The van der Waals surface area contributed by atoms with Gasteiger partial charge in [-0.2, -0.15) is 0 Å². The molecule has 8 aromatic rings. The number of amidine groups is 2. The topological polar surface area (TPSA) is 49.9 Å². The Hall–Kier alpha value is -6.52. The molecule has 0 spiro atoms. The number of benzene rings is 7. The fraction of sp³-hybridized carbons (Fsp3) is 0.0435. The molecule has 236 valence electrons. The van der Waals surface area contributed by atoms with Crippen molar-refractivity contribution >= 4 is 33.6 Å². The third kappa shape index (κ3) is 4.61. The Morgan fingerprint density at radius 1 is 0.440 bits per heavy atom. The average Bonchev–Trinajstić information content (AvgIpc) is 3.74. The van der Waals surface area contributed by atoms with Crippen molar-refractivity contribution in [2.45, 2.75) is 12.1 Å². The lowest BCUT2D eigenvalue weighted by Crippen LogP contribution is -2.36. The van der Waals surface area contributed by atoms with E-state index < -0.39 is 6.17 Å². The van der Waals surface area contributed by atoms with Crippen LogP contribution < -0.4 is 5.32 Å². The number of furan rings is 1. The van der Waals surface area contributed by atoms with Crippen molar-refractivity contribution in [2.75, 3.05) is 0 Å². The van der Waals surface area contributed by atoms with E-state index in [0.717, 1.165) is 55.9 Å². The summed E-state index contributed by atoms with van der Waals surface area (Å²) in [7, 11) is 0. The van der Waals surface area contributed by atoms with E-state index in [2.05, 4.69) is 139 Å². The number of fused-ring (bicyclic) bond motifs is 6. The molecule has 0 saturated carbocycles. The summed E-state index contributed by atoms with van der Waals surface area (Å²) in [5.74, 6) is 1.64. The Bertz CT molecular complexity index is 2570. The summed E-state index contributed by atoms with van der Waals surface area (Å²) in [6.07, 6.45) is -0.459. The van der Waals surface area contributed by atoms with Gasteiger partial charge in [-0.05, 0) is 45.5 Å². The molecule has 2 heterocycles. The van der Waals surface area contributed by atoms with Gasteiger partial charge in [0.05, 0.1) is 0 Å². The van der Waals surface area contributed by atoms with Crippen LogP contribution in [0.5, 0.6) is 0 Å². The van der Waals surface area contributed by atoms with Crippen molar-refractivity contribution < 1.29 is 4.42 Å². The maximum Gasteiger partial charge on any atom is 0.170 e. The molecule has 1 unspecified atom stereocenters. The molecule has 1 atom stereocenters. The molecule has 4 nitrogen and oxygen atoms in total. The highest BCUT2D eigenvalue weighted by atomic mass is 16.3. The molecule has 7 aromatic carbocycles. The van der Waals surface area contributed by atoms with Crippen molar-refractivity contribution in [3.63, 3.8) is 0 Å². The SMILES string of the molecule is c1ccc(C2=NC(c3cccc4oc5c(C6c7ccccc7-c7cc(-c8ccccc8)ccc76)cccc5c34)N=C(c3ccccc3)N2)cc1. The second kappa shape index (κ2) is 11.6. The Labute approximate surface area is 290 Å². The fourth-order valence-corrected chi connectivity index (χ4v) is 7.76. The summed E-state index contributed by atoms with van der Waals surface area (Å²) in [6, 6.07) is 59.7. The maximum absolute atomic E-state index is 6.86. The first-order valence-electron chi connectivity index (χ1n) is 17.1. The smallest absolute Gasteiger partial charge is 0.170 e. The van der Waals surface area contributed by atoms with Crippen molar-refractivity contribution in [1.82, 2.24) is 5.32 Å². The summed E-state index contributed by atoms with van der Waals surface area (Å²) >= 11 is 0. The zero-order valence-electron chi connectivity index (χ0n) is 27.1. The number of rotatable bonds is 5. The predicted octanol–water partition coefficient (Wildman–Crippen LogP) is 10.9. The largest absolute Gasteiger partial charge is 0.456 e. The van der Waals surface area contributed by atoms with Gasteiger partial charge in [0.2, 0.25) is 0 Å². The Morgan fingerprint density at radius 3 is 1.74 bits per heavy atom. The molecule has 1 aliphatic heterocycles. The second-order valence-corrected chi connectivity index (χ2v) is 12.9. The van der Waals surface area contributed by atoms with Crippen LogP contribution in [0.4, 0.5) is 0 Å². The molecule has 2 aliphatic rings. The molecule has 1 aliphatic carbocycles. The lowest BCUT2D eigenvalue weighted by atomic mass is 9.87. The summed E-state index contributed by atoms with van der Waals surface area (Å²) in [5, 5.41) is 5.65. The van der Waals surface area contributed by atoms with E-state index in [4.69, 9.17) is 14.4 Å². The number of hydrogen-bond acceptors (Lipinski definition) is 4. The first-order chi connectivity index (χ1) is 24.8. The van der Waals surface area contributed by atoms with Crippen molar-refractivity contribution in [1.29, 1.82) is 0 Å². The number of nitrogens with one attached hydrogen (secondary N) is 1. The Morgan fingerprint density at radius 2 is 1.02 bits per heavy atom. The van der Waals surface area contributed by atoms with Gasteiger partial charge in [-0.15, -0.1) is 0 Å². The van der Waals surface area contributed by atoms with Gasteiger partial charge in [-0.25, -0.2) is 9.98 Å². The molecule has 1 N–H and O–H groups in total. The van der Waals surface area contributed by atoms with Crippen molar-refractivity contribution in [3.8, 4) is 22.3 Å². The van der Waals surface area contributed by atoms with Crippen LogP contribution in [0, 0.1) is 0 Å². The van der Waals surface area contributed by atoms with Crippen LogP contribution in [0.1, 0.15) is 45.5 Å². The third-order valence-electron chi connectivity index (χ3n) is 10.0. The number of hydrogen-bond donors (Lipinski definition) is 1. The minimum absolute atomic E-state index is 0.0445. The number of nitrogens with zero attached hydrogens (tertiary/aromatic N) is 2. The summed E-state index contributed by atoms with van der Waals surface area (Å²) in [4.78, 5) is 10.4. The quantitative estimate of drug-likeness (QED) is 0.203. The van der Waals surface area contributed by atoms with Crippen LogP contribution in [-0.2, 0) is 0 Å². The van der Waals surface area contributed by atoms with Crippen LogP contribution in [0.2, 0.25) is 0 Å². The lowest BCUT2D eigenvalue weighted by molar-refractivity contribution is 0.660. The zero-order chi connectivity index (χ0) is 33.0. The molecular formula is C46H31N3O. The van der Waals surface area contributed by atoms with Crippen LogP contribution >= 0.6 is 0 Å². The first kappa shape index (κ1) is 28.5. The highest BCUT2D eigenvalue weighted by Gasteiger charge is 2.33. The van der Waals surface area contributed by atoms with Crippen molar-refractivity contribution in [2.24, 2.45) is 9.98 Å². The van der Waals surface area contributed by atoms with Gasteiger partial charge >= 0.3 is 0 Å². The standard InChI is InChI=1S/C46H31N3O/c1-4-14-29(15-5-1)32-26-27-35-39(28-32)33-20-10-11-21-34(33)41(35)36-22-12-23-37-42-38(24-13-25-40(42)50-43(36)37)46-48-44(30-16-6-2-7-17-30)47-45(49-46)31-18-8-3-9-19-31/h1-28,41,46H,(H,47,48,49). The van der Waals surface area contributed by atoms with Crippen LogP contribution in [0.25, 0.3) is 44.2 Å². The average molecular weight is 642 g/mol. The molecule has 10 rings (SSSR count). The van der Waals surface area contributed by atoms with Gasteiger partial charge in [-0.3, -0.25) is 0 Å². The molecule has 4 heteroatoms. The lowest BCUT2D eigenvalue weighted by Gasteiger charge is -2.22. The minimum Gasteiger partial charge on any atom is -0.456 e. The van der Waals surface area contributed by atoms with Gasteiger partial charge < -0.3 is 9.73 Å². The van der Waals surface area contributed by atoms with Crippen molar-refractivity contribution in [3.05, 3.63) is 203 Å². The molecular weight excluding hydrogens is 611 g/mol.